The van der Waals surface area contributed by atoms with Crippen molar-refractivity contribution in [1.82, 2.24) is 0 Å². The Morgan fingerprint density at radius 2 is 1.56 bits per heavy atom. The van der Waals surface area contributed by atoms with Crippen molar-refractivity contribution in [3.63, 3.8) is 0 Å². The van der Waals surface area contributed by atoms with E-state index in [0.717, 1.165) is 25.5 Å². The number of unbranched alkanes of at least 4 members (excludes halogenated alkanes) is 1. The van der Waals surface area contributed by atoms with Gasteiger partial charge < -0.3 is 18.8 Å². The van der Waals surface area contributed by atoms with Crippen LogP contribution in [-0.2, 0) is 24.4 Å². The summed E-state index contributed by atoms with van der Waals surface area (Å²) in [5.74, 6) is -1.37. The second kappa shape index (κ2) is 12.8. The summed E-state index contributed by atoms with van der Waals surface area (Å²) in [6.45, 7) is 5.39. The lowest BCUT2D eigenvalue weighted by atomic mass is 10.2. The maximum atomic E-state index is 10.8. The smallest absolute Gasteiger partial charge is 0.359 e. The van der Waals surface area contributed by atoms with E-state index in [1.165, 1.54) is 0 Å². The Balaban J connectivity index is 0. The van der Waals surface area contributed by atoms with Crippen LogP contribution in [0.2, 0.25) is 0 Å². The molecule has 0 aromatic rings. The van der Waals surface area contributed by atoms with Crippen molar-refractivity contribution in [2.75, 3.05) is 67.2 Å². The molecular weight excluding hydrogens is 376 g/mol. The zero-order chi connectivity index (χ0) is 21.7. The van der Waals surface area contributed by atoms with E-state index in [9.17, 15) is 18.0 Å². The van der Waals surface area contributed by atoms with Gasteiger partial charge in [-0.2, -0.15) is 8.42 Å². The van der Waals surface area contributed by atoms with Gasteiger partial charge in [0.05, 0.1) is 60.7 Å². The highest BCUT2D eigenvalue weighted by Crippen LogP contribution is 2.05. The van der Waals surface area contributed by atoms with Crippen LogP contribution in [0.25, 0.3) is 0 Å². The van der Waals surface area contributed by atoms with Crippen molar-refractivity contribution in [3.05, 3.63) is 12.7 Å². The number of aliphatic carboxylic acids is 1. The van der Waals surface area contributed by atoms with Crippen molar-refractivity contribution in [1.29, 1.82) is 0 Å². The SMILES string of the molecule is C=CC(=O)OCCCC[N+](C)(C)CCCS(=O)(=O)O.C[N+](C)(C)CC(=O)O. The number of likely N-dealkylation sites (N-methyl/N-ethyl adjacent to an activating group) is 1. The molecule has 0 atom stereocenters. The van der Waals surface area contributed by atoms with E-state index in [1.807, 2.05) is 35.2 Å². The minimum Gasteiger partial charge on any atom is -0.477 e. The Bertz CT molecular complexity index is 566. The van der Waals surface area contributed by atoms with Crippen LogP contribution in [0.3, 0.4) is 0 Å². The summed E-state index contributed by atoms with van der Waals surface area (Å²) in [6, 6.07) is 0. The molecule has 0 aliphatic carbocycles. The monoisotopic (exact) mass is 412 g/mol. The number of esters is 1. The number of nitrogens with zero attached hydrogens (tertiary/aromatic N) is 2. The molecule has 160 valence electrons. The highest BCUT2D eigenvalue weighted by Gasteiger charge is 2.16. The van der Waals surface area contributed by atoms with Gasteiger partial charge in [-0.15, -0.1) is 0 Å². The van der Waals surface area contributed by atoms with Crippen LogP contribution >= 0.6 is 0 Å². The molecule has 0 aliphatic heterocycles. The van der Waals surface area contributed by atoms with E-state index in [4.69, 9.17) is 14.4 Å². The quantitative estimate of drug-likeness (QED) is 0.159. The maximum absolute atomic E-state index is 10.8. The summed E-state index contributed by atoms with van der Waals surface area (Å²) in [5.41, 5.74) is 0. The molecule has 0 fully saturated rings. The van der Waals surface area contributed by atoms with Gasteiger partial charge in [0, 0.05) is 12.5 Å². The molecule has 0 saturated heterocycles. The van der Waals surface area contributed by atoms with E-state index < -0.39 is 22.1 Å². The molecule has 0 unspecified atom stereocenters. The van der Waals surface area contributed by atoms with Crippen molar-refractivity contribution in [3.8, 4) is 0 Å². The highest BCUT2D eigenvalue weighted by molar-refractivity contribution is 7.85. The molecular formula is C17H36N2O7S+2. The Kier molecular flexibility index (Phi) is 13.2. The lowest BCUT2D eigenvalue weighted by Crippen LogP contribution is -2.41. The average Bonchev–Trinajstić information content (AvgIpc) is 2.42. The van der Waals surface area contributed by atoms with Crippen LogP contribution in [0.4, 0.5) is 0 Å². The van der Waals surface area contributed by atoms with Crippen LogP contribution in [0.1, 0.15) is 19.3 Å². The van der Waals surface area contributed by atoms with E-state index in [2.05, 4.69) is 6.58 Å². The van der Waals surface area contributed by atoms with Crippen molar-refractivity contribution in [2.45, 2.75) is 19.3 Å². The zero-order valence-corrected chi connectivity index (χ0v) is 18.0. The van der Waals surface area contributed by atoms with Crippen LogP contribution in [-0.4, -0.2) is 106 Å². The summed E-state index contributed by atoms with van der Waals surface area (Å²) in [4.78, 5) is 20.8. The molecule has 0 aromatic heterocycles. The molecule has 0 bridgehead atoms. The molecule has 0 rings (SSSR count). The molecule has 9 nitrogen and oxygen atoms in total. The minimum absolute atomic E-state index is 0.181. The van der Waals surface area contributed by atoms with Gasteiger partial charge >= 0.3 is 11.9 Å². The van der Waals surface area contributed by atoms with Crippen molar-refractivity contribution in [2.24, 2.45) is 0 Å². The number of carbonyl (C=O) groups excluding carboxylic acids is 1. The summed E-state index contributed by atoms with van der Waals surface area (Å²) in [6.07, 6.45) is 3.20. The first-order chi connectivity index (χ1) is 12.1. The fourth-order valence-corrected chi connectivity index (χ4v) is 2.56. The topological polar surface area (TPSA) is 118 Å². The number of rotatable bonds is 12. The Morgan fingerprint density at radius 3 is 1.93 bits per heavy atom. The minimum atomic E-state index is -3.87. The van der Waals surface area contributed by atoms with Gasteiger partial charge in [0.1, 0.15) is 0 Å². The summed E-state index contributed by atoms with van der Waals surface area (Å²) in [7, 11) is 5.66. The molecule has 27 heavy (non-hydrogen) atoms. The largest absolute Gasteiger partial charge is 0.477 e. The third-order valence-corrected chi connectivity index (χ3v) is 4.15. The molecule has 0 radical (unpaired) electrons. The number of ether oxygens (including phenoxy) is 1. The standard InChI is InChI=1S/C12H23NO5S.C5H11NO2/c1-4-12(14)18-10-6-5-8-13(2,3)9-7-11-19(15,16)17;1-6(2,3)4-5(7)8/h4H,1,5-11H2,2-3H3;4H2,1-3H3/p+2. The van der Waals surface area contributed by atoms with Gasteiger partial charge in [-0.25, -0.2) is 9.59 Å². The van der Waals surface area contributed by atoms with Gasteiger partial charge in [-0.05, 0) is 12.8 Å². The molecule has 10 heteroatoms. The normalized spacial score (nSPS) is 11.9. The first kappa shape index (κ1) is 27.7. The predicted molar refractivity (Wildman–Crippen MR) is 104 cm³/mol. The number of quaternary nitrogens is 2. The fourth-order valence-electron chi connectivity index (χ4n) is 2.07. The van der Waals surface area contributed by atoms with E-state index in [0.29, 0.717) is 28.5 Å². The van der Waals surface area contributed by atoms with Crippen LogP contribution in [0.5, 0.6) is 0 Å². The Labute approximate surface area is 163 Å². The third-order valence-electron chi connectivity index (χ3n) is 3.34. The van der Waals surface area contributed by atoms with Crippen molar-refractivity contribution < 1.29 is 41.4 Å². The second-order valence-electron chi connectivity index (χ2n) is 7.94. The Morgan fingerprint density at radius 1 is 1.04 bits per heavy atom. The van der Waals surface area contributed by atoms with Crippen LogP contribution < -0.4 is 0 Å². The first-order valence-electron chi connectivity index (χ1n) is 8.66. The first-order valence-corrected chi connectivity index (χ1v) is 10.3. The van der Waals surface area contributed by atoms with Gasteiger partial charge in [-0.1, -0.05) is 6.58 Å². The lowest BCUT2D eigenvalue weighted by molar-refractivity contribution is -0.890. The van der Waals surface area contributed by atoms with E-state index in [-0.39, 0.29) is 12.3 Å². The molecule has 0 spiro atoms. The summed E-state index contributed by atoms with van der Waals surface area (Å²) in [5, 5.41) is 8.23. The van der Waals surface area contributed by atoms with Gasteiger partial charge in [0.25, 0.3) is 10.1 Å². The second-order valence-corrected chi connectivity index (χ2v) is 9.52. The van der Waals surface area contributed by atoms with Crippen LogP contribution in [0.15, 0.2) is 12.7 Å². The highest BCUT2D eigenvalue weighted by atomic mass is 32.2. The predicted octanol–water partition coefficient (Wildman–Crippen LogP) is 0.627. The number of carboxylic acids is 1. The number of hydrogen-bond acceptors (Lipinski definition) is 5. The molecule has 0 amide bonds. The molecule has 0 aromatic carbocycles. The number of hydrogen-bond donors (Lipinski definition) is 2. The van der Waals surface area contributed by atoms with Gasteiger partial charge in [0.15, 0.2) is 6.54 Å². The van der Waals surface area contributed by atoms with Gasteiger partial charge in [0.2, 0.25) is 0 Å². The van der Waals surface area contributed by atoms with E-state index in [1.54, 1.807) is 0 Å². The zero-order valence-electron chi connectivity index (χ0n) is 17.2. The lowest BCUT2D eigenvalue weighted by Gasteiger charge is -2.29. The summed E-state index contributed by atoms with van der Waals surface area (Å²) >= 11 is 0. The average molecular weight is 413 g/mol. The summed E-state index contributed by atoms with van der Waals surface area (Å²) < 4.78 is 35.9. The third kappa shape index (κ3) is 24.5. The Hall–Kier alpha value is -1.49. The van der Waals surface area contributed by atoms with Crippen LogP contribution in [0, 0.1) is 0 Å². The fraction of sp³-hybridized carbons (Fsp3) is 0.765. The number of carbonyl (C=O) groups is 2. The molecule has 2 N–H and O–H groups in total. The molecule has 0 aliphatic rings. The molecule has 0 saturated carbocycles. The maximum Gasteiger partial charge on any atom is 0.359 e. The number of carboxylic acid groups (broad SMARTS) is 1. The van der Waals surface area contributed by atoms with Crippen molar-refractivity contribution >= 4 is 22.1 Å². The molecule has 0 heterocycles. The van der Waals surface area contributed by atoms with E-state index >= 15 is 0 Å². The van der Waals surface area contributed by atoms with Gasteiger partial charge in [-0.3, -0.25) is 4.55 Å².